The Kier molecular flexibility index (Phi) is 4.28. The number of nitrogens with one attached hydrogen (secondary N) is 1. The maximum atomic E-state index is 10.9. The lowest BCUT2D eigenvalue weighted by Crippen LogP contribution is -2.25. The predicted molar refractivity (Wildman–Crippen MR) is 68.6 cm³/mol. The molecule has 102 valence electrons. The van der Waals surface area contributed by atoms with Gasteiger partial charge in [0, 0.05) is 27.1 Å². The van der Waals surface area contributed by atoms with Crippen LogP contribution in [0.25, 0.3) is 0 Å². The summed E-state index contributed by atoms with van der Waals surface area (Å²) < 4.78 is 1.66. The third kappa shape index (κ3) is 3.19. The van der Waals surface area contributed by atoms with E-state index in [-0.39, 0.29) is 17.8 Å². The van der Waals surface area contributed by atoms with E-state index in [1.54, 1.807) is 18.5 Å². The first-order chi connectivity index (χ1) is 8.28. The molecular weight excluding hydrogens is 236 g/mol. The summed E-state index contributed by atoms with van der Waals surface area (Å²) in [7, 11) is 1.73. The number of nitro groups is 1. The Morgan fingerprint density at radius 2 is 2.17 bits per heavy atom. The van der Waals surface area contributed by atoms with Crippen molar-refractivity contribution in [3.05, 3.63) is 15.9 Å². The lowest BCUT2D eigenvalue weighted by Gasteiger charge is -2.24. The molecule has 0 aliphatic rings. The highest BCUT2D eigenvalue weighted by Gasteiger charge is 2.25. The molecule has 0 bridgehead atoms. The van der Waals surface area contributed by atoms with Gasteiger partial charge in [0.1, 0.15) is 0 Å². The Hall–Kier alpha value is -1.63. The van der Waals surface area contributed by atoms with Crippen molar-refractivity contribution in [2.24, 2.45) is 12.5 Å². The van der Waals surface area contributed by atoms with E-state index < -0.39 is 4.92 Å². The molecule has 0 saturated heterocycles. The summed E-state index contributed by atoms with van der Waals surface area (Å²) in [5, 5.41) is 22.9. The monoisotopic (exact) mass is 256 g/mol. The molecule has 0 radical (unpaired) electrons. The zero-order valence-corrected chi connectivity index (χ0v) is 11.2. The molecule has 7 nitrogen and oxygen atoms in total. The van der Waals surface area contributed by atoms with Gasteiger partial charge in [0.25, 0.3) is 0 Å². The number of nitrogens with zero attached hydrogens (tertiary/aromatic N) is 3. The average molecular weight is 256 g/mol. The Morgan fingerprint density at radius 1 is 1.56 bits per heavy atom. The van der Waals surface area contributed by atoms with Gasteiger partial charge in [-0.3, -0.25) is 4.57 Å². The number of anilines is 1. The Balaban J connectivity index is 2.87. The number of hydrogen-bond donors (Lipinski definition) is 2. The van der Waals surface area contributed by atoms with E-state index in [1.165, 1.54) is 0 Å². The third-order valence-corrected chi connectivity index (χ3v) is 3.00. The first kappa shape index (κ1) is 14.4. The van der Waals surface area contributed by atoms with Crippen LogP contribution in [0.5, 0.6) is 0 Å². The summed E-state index contributed by atoms with van der Waals surface area (Å²) in [6.45, 7) is 6.34. The largest absolute Gasteiger partial charge is 0.406 e. The molecule has 0 aliphatic carbocycles. The second kappa shape index (κ2) is 5.34. The van der Waals surface area contributed by atoms with E-state index >= 15 is 0 Å². The summed E-state index contributed by atoms with van der Waals surface area (Å²) in [5.74, 6) is 0.836. The molecule has 1 heterocycles. The van der Waals surface area contributed by atoms with Crippen LogP contribution in [0.4, 0.5) is 11.6 Å². The lowest BCUT2D eigenvalue weighted by atomic mass is 9.90. The number of aliphatic hydroxyl groups is 1. The van der Waals surface area contributed by atoms with Crippen LogP contribution >= 0.6 is 0 Å². The van der Waals surface area contributed by atoms with Gasteiger partial charge in [-0.1, -0.05) is 13.8 Å². The van der Waals surface area contributed by atoms with E-state index in [4.69, 9.17) is 5.11 Å². The van der Waals surface area contributed by atoms with Crippen molar-refractivity contribution < 1.29 is 10.0 Å². The highest BCUT2D eigenvalue weighted by Crippen LogP contribution is 2.26. The van der Waals surface area contributed by atoms with Crippen molar-refractivity contribution in [2.75, 3.05) is 18.5 Å². The van der Waals surface area contributed by atoms with Crippen molar-refractivity contribution in [2.45, 2.75) is 27.2 Å². The quantitative estimate of drug-likeness (QED) is 0.593. The molecule has 0 saturated carbocycles. The van der Waals surface area contributed by atoms with Crippen molar-refractivity contribution in [3.8, 4) is 0 Å². The SMILES string of the molecule is Cc1nc([N+](=O)[O-])c(NCC(C)(C)CCO)n1C. The number of hydrogen-bond acceptors (Lipinski definition) is 5. The molecule has 0 atom stereocenters. The molecule has 0 aliphatic heterocycles. The number of aromatic nitrogens is 2. The van der Waals surface area contributed by atoms with Crippen molar-refractivity contribution in [1.29, 1.82) is 0 Å². The van der Waals surface area contributed by atoms with Gasteiger partial charge < -0.3 is 20.5 Å². The van der Waals surface area contributed by atoms with Gasteiger partial charge in [-0.2, -0.15) is 0 Å². The maximum absolute atomic E-state index is 10.9. The van der Waals surface area contributed by atoms with E-state index in [0.717, 1.165) is 0 Å². The molecule has 0 unspecified atom stereocenters. The Bertz CT molecular complexity index is 440. The van der Waals surface area contributed by atoms with Crippen molar-refractivity contribution in [1.82, 2.24) is 9.55 Å². The van der Waals surface area contributed by atoms with Gasteiger partial charge >= 0.3 is 5.82 Å². The fraction of sp³-hybridized carbons (Fsp3) is 0.727. The molecule has 1 aromatic rings. The second-order valence-electron chi connectivity index (χ2n) is 5.14. The molecule has 0 amide bonds. The van der Waals surface area contributed by atoms with Gasteiger partial charge in [0.2, 0.25) is 11.6 Å². The maximum Gasteiger partial charge on any atom is 0.406 e. The van der Waals surface area contributed by atoms with Gasteiger partial charge in [-0.15, -0.1) is 0 Å². The minimum Gasteiger partial charge on any atom is -0.396 e. The fourth-order valence-electron chi connectivity index (χ4n) is 1.63. The fourth-order valence-corrected chi connectivity index (χ4v) is 1.63. The average Bonchev–Trinajstić information content (AvgIpc) is 2.53. The first-order valence-electron chi connectivity index (χ1n) is 5.81. The van der Waals surface area contributed by atoms with E-state index in [1.807, 2.05) is 13.8 Å². The summed E-state index contributed by atoms with van der Waals surface area (Å²) in [5.41, 5.74) is -0.138. The second-order valence-corrected chi connectivity index (χ2v) is 5.14. The summed E-state index contributed by atoms with van der Waals surface area (Å²) in [6.07, 6.45) is 0.630. The molecule has 0 aromatic carbocycles. The standard InChI is InChI=1S/C11H20N4O3/c1-8-13-10(15(17)18)9(14(8)4)12-7-11(2,3)5-6-16/h12,16H,5-7H2,1-4H3. The molecule has 0 fully saturated rings. The van der Waals surface area contributed by atoms with Crippen LogP contribution in [0.2, 0.25) is 0 Å². The molecule has 1 aromatic heterocycles. The molecule has 0 spiro atoms. The van der Waals surface area contributed by atoms with E-state index in [9.17, 15) is 10.1 Å². The topological polar surface area (TPSA) is 93.2 Å². The predicted octanol–water partition coefficient (Wildman–Crippen LogP) is 1.46. The van der Waals surface area contributed by atoms with Crippen LogP contribution < -0.4 is 5.32 Å². The van der Waals surface area contributed by atoms with Crippen LogP contribution in [-0.2, 0) is 7.05 Å². The van der Waals surface area contributed by atoms with Crippen LogP contribution in [0.1, 0.15) is 26.1 Å². The molecule has 18 heavy (non-hydrogen) atoms. The normalized spacial score (nSPS) is 11.6. The van der Waals surface area contributed by atoms with Crippen LogP contribution in [0.15, 0.2) is 0 Å². The number of rotatable bonds is 6. The van der Waals surface area contributed by atoms with Crippen molar-refractivity contribution in [3.63, 3.8) is 0 Å². The zero-order chi connectivity index (χ0) is 13.9. The summed E-state index contributed by atoms with van der Waals surface area (Å²) >= 11 is 0. The summed E-state index contributed by atoms with van der Waals surface area (Å²) in [4.78, 5) is 14.3. The number of imidazole rings is 1. The number of aryl methyl sites for hydroxylation is 1. The van der Waals surface area contributed by atoms with Gasteiger partial charge in [-0.05, 0) is 21.7 Å². The highest BCUT2D eigenvalue weighted by molar-refractivity contribution is 5.53. The van der Waals surface area contributed by atoms with Crippen LogP contribution in [0, 0.1) is 22.5 Å². The van der Waals surface area contributed by atoms with E-state index in [0.29, 0.717) is 24.6 Å². The lowest BCUT2D eigenvalue weighted by molar-refractivity contribution is -0.388. The minimum absolute atomic E-state index is 0.0984. The van der Waals surface area contributed by atoms with Gasteiger partial charge in [-0.25, -0.2) is 0 Å². The molecule has 2 N–H and O–H groups in total. The first-order valence-corrected chi connectivity index (χ1v) is 5.81. The molecule has 1 rings (SSSR count). The number of aliphatic hydroxyl groups excluding tert-OH is 1. The van der Waals surface area contributed by atoms with Gasteiger partial charge in [0.05, 0.1) is 0 Å². The molecule has 7 heteroatoms. The Labute approximate surface area is 106 Å². The zero-order valence-electron chi connectivity index (χ0n) is 11.2. The smallest absolute Gasteiger partial charge is 0.396 e. The Morgan fingerprint density at radius 3 is 2.67 bits per heavy atom. The van der Waals surface area contributed by atoms with Crippen molar-refractivity contribution >= 4 is 11.6 Å². The van der Waals surface area contributed by atoms with Crippen LogP contribution in [-0.4, -0.2) is 32.7 Å². The molecular formula is C11H20N4O3. The minimum atomic E-state index is -0.492. The van der Waals surface area contributed by atoms with Gasteiger partial charge in [0.15, 0.2) is 0 Å². The highest BCUT2D eigenvalue weighted by atomic mass is 16.6. The summed E-state index contributed by atoms with van der Waals surface area (Å²) in [6, 6.07) is 0. The van der Waals surface area contributed by atoms with E-state index in [2.05, 4.69) is 10.3 Å². The third-order valence-electron chi connectivity index (χ3n) is 3.00. The van der Waals surface area contributed by atoms with Crippen LogP contribution in [0.3, 0.4) is 0 Å².